The van der Waals surface area contributed by atoms with Crippen LogP contribution in [0.1, 0.15) is 6.92 Å². The minimum absolute atomic E-state index is 0.0826. The van der Waals surface area contributed by atoms with Crippen molar-refractivity contribution in [3.05, 3.63) is 16.5 Å². The molecule has 0 aromatic carbocycles. The van der Waals surface area contributed by atoms with E-state index < -0.39 is 15.9 Å². The van der Waals surface area contributed by atoms with Crippen LogP contribution >= 0.6 is 22.9 Å². The fourth-order valence-corrected chi connectivity index (χ4v) is 4.64. The Bertz CT molecular complexity index is 675. The highest BCUT2D eigenvalue weighted by molar-refractivity contribution is 7.91. The Labute approximate surface area is 145 Å². The van der Waals surface area contributed by atoms with Gasteiger partial charge in [0.1, 0.15) is 4.21 Å². The molecule has 0 bridgehead atoms. The zero-order chi connectivity index (χ0) is 17.8. The van der Waals surface area contributed by atoms with Crippen LogP contribution in [0, 0.1) is 5.92 Å². The van der Waals surface area contributed by atoms with Gasteiger partial charge in [0.2, 0.25) is 11.8 Å². The lowest BCUT2D eigenvalue weighted by atomic mass is 10.1. The molecule has 1 unspecified atom stereocenters. The van der Waals surface area contributed by atoms with Crippen LogP contribution in [0.5, 0.6) is 0 Å². The van der Waals surface area contributed by atoms with Crippen molar-refractivity contribution < 1.29 is 18.0 Å². The molecular weight excluding hydrogens is 362 g/mol. The summed E-state index contributed by atoms with van der Waals surface area (Å²) in [5.41, 5.74) is 0. The molecule has 0 aliphatic rings. The Morgan fingerprint density at radius 2 is 1.96 bits per heavy atom. The van der Waals surface area contributed by atoms with Gasteiger partial charge in [0.25, 0.3) is 10.0 Å². The number of nitrogens with zero attached hydrogens (tertiary/aromatic N) is 2. The van der Waals surface area contributed by atoms with Crippen LogP contribution in [-0.4, -0.2) is 63.7 Å². The molecule has 23 heavy (non-hydrogen) atoms. The number of rotatable bonds is 7. The van der Waals surface area contributed by atoms with Crippen LogP contribution in [0.4, 0.5) is 0 Å². The molecule has 0 spiro atoms. The van der Waals surface area contributed by atoms with Gasteiger partial charge in [-0.1, -0.05) is 18.5 Å². The molecule has 0 radical (unpaired) electrons. The number of nitrogens with one attached hydrogen (secondary N) is 1. The number of hydrogen-bond donors (Lipinski definition) is 1. The lowest BCUT2D eigenvalue weighted by molar-refractivity contribution is -0.132. The summed E-state index contributed by atoms with van der Waals surface area (Å²) in [6.45, 7) is 1.59. The van der Waals surface area contributed by atoms with E-state index in [2.05, 4.69) is 5.32 Å². The number of halogens is 1. The average Bonchev–Trinajstić information content (AvgIpc) is 2.93. The normalized spacial score (nSPS) is 13.0. The summed E-state index contributed by atoms with van der Waals surface area (Å²) in [7, 11) is 0.628. The van der Waals surface area contributed by atoms with E-state index in [1.54, 1.807) is 6.92 Å². The monoisotopic (exact) mass is 381 g/mol. The van der Waals surface area contributed by atoms with E-state index in [-0.39, 0.29) is 29.1 Å². The SMILES string of the molecule is CNC(=O)C(C)CN(C)C(=O)CN(C)S(=O)(=O)c1ccc(Cl)s1. The van der Waals surface area contributed by atoms with Gasteiger partial charge in [-0.25, -0.2) is 8.42 Å². The molecule has 130 valence electrons. The highest BCUT2D eigenvalue weighted by atomic mass is 35.5. The van der Waals surface area contributed by atoms with Gasteiger partial charge in [-0.15, -0.1) is 11.3 Å². The Hall–Kier alpha value is -1.16. The summed E-state index contributed by atoms with van der Waals surface area (Å²) >= 11 is 6.68. The van der Waals surface area contributed by atoms with Crippen LogP contribution < -0.4 is 5.32 Å². The number of carbonyl (C=O) groups excluding carboxylic acids is 2. The lowest BCUT2D eigenvalue weighted by Crippen LogP contribution is -2.42. The number of hydrogen-bond acceptors (Lipinski definition) is 5. The van der Waals surface area contributed by atoms with Crippen molar-refractivity contribution in [2.24, 2.45) is 5.92 Å². The molecule has 1 N–H and O–H groups in total. The molecule has 1 aromatic rings. The first-order chi connectivity index (χ1) is 10.6. The van der Waals surface area contributed by atoms with E-state index in [1.165, 1.54) is 38.2 Å². The van der Waals surface area contributed by atoms with E-state index in [9.17, 15) is 18.0 Å². The van der Waals surface area contributed by atoms with Gasteiger partial charge in [0, 0.05) is 27.7 Å². The van der Waals surface area contributed by atoms with Gasteiger partial charge in [-0.05, 0) is 12.1 Å². The molecule has 1 aromatic heterocycles. The third-order valence-corrected chi connectivity index (χ3v) is 6.74. The minimum atomic E-state index is -3.76. The van der Waals surface area contributed by atoms with Crippen molar-refractivity contribution in [2.45, 2.75) is 11.1 Å². The first kappa shape index (κ1) is 19.9. The van der Waals surface area contributed by atoms with Crippen molar-refractivity contribution in [3.8, 4) is 0 Å². The number of carbonyl (C=O) groups is 2. The van der Waals surface area contributed by atoms with Gasteiger partial charge in [-0.2, -0.15) is 4.31 Å². The van der Waals surface area contributed by atoms with Crippen LogP contribution in [0.15, 0.2) is 16.3 Å². The van der Waals surface area contributed by atoms with Crippen LogP contribution in [0.25, 0.3) is 0 Å². The number of amides is 2. The zero-order valence-electron chi connectivity index (χ0n) is 13.4. The maximum atomic E-state index is 12.3. The molecule has 0 fully saturated rings. The number of thiophene rings is 1. The zero-order valence-corrected chi connectivity index (χ0v) is 15.8. The van der Waals surface area contributed by atoms with E-state index in [1.807, 2.05) is 0 Å². The number of likely N-dealkylation sites (N-methyl/N-ethyl adjacent to an activating group) is 2. The summed E-state index contributed by atoms with van der Waals surface area (Å²) in [5.74, 6) is -0.958. The predicted octanol–water partition coefficient (Wildman–Crippen LogP) is 0.862. The third-order valence-electron chi connectivity index (χ3n) is 3.24. The molecule has 10 heteroatoms. The highest BCUT2D eigenvalue weighted by Crippen LogP contribution is 2.27. The second-order valence-corrected chi connectivity index (χ2v) is 9.10. The molecular formula is C13H20ClN3O4S2. The Morgan fingerprint density at radius 3 is 2.43 bits per heavy atom. The van der Waals surface area contributed by atoms with Crippen LogP contribution in [0.3, 0.4) is 0 Å². The summed E-state index contributed by atoms with van der Waals surface area (Å²) in [5, 5.41) is 2.50. The van der Waals surface area contributed by atoms with Gasteiger partial charge < -0.3 is 10.2 Å². The van der Waals surface area contributed by atoms with Crippen molar-refractivity contribution in [1.29, 1.82) is 0 Å². The summed E-state index contributed by atoms with van der Waals surface area (Å²) in [6, 6.07) is 2.90. The fourth-order valence-electron chi connectivity index (χ4n) is 1.83. The van der Waals surface area contributed by atoms with Gasteiger partial charge >= 0.3 is 0 Å². The van der Waals surface area contributed by atoms with Gasteiger partial charge in [0.15, 0.2) is 0 Å². The van der Waals surface area contributed by atoms with Crippen molar-refractivity contribution >= 4 is 44.8 Å². The number of sulfonamides is 1. The van der Waals surface area contributed by atoms with Crippen molar-refractivity contribution in [3.63, 3.8) is 0 Å². The van der Waals surface area contributed by atoms with Crippen LogP contribution in [0.2, 0.25) is 4.34 Å². The first-order valence-electron chi connectivity index (χ1n) is 6.76. The Kier molecular flexibility index (Phi) is 7.00. The molecule has 0 aliphatic carbocycles. The molecule has 0 saturated carbocycles. The second kappa shape index (κ2) is 8.09. The van der Waals surface area contributed by atoms with E-state index in [0.717, 1.165) is 15.6 Å². The van der Waals surface area contributed by atoms with E-state index >= 15 is 0 Å². The standard InChI is InChI=1S/C13H20ClN3O4S2/c1-9(13(19)15-2)7-16(3)11(18)8-17(4)23(20,21)12-6-5-10(14)22-12/h5-6,9H,7-8H2,1-4H3,(H,15,19). The molecule has 0 aliphatic heterocycles. The van der Waals surface area contributed by atoms with E-state index in [0.29, 0.717) is 4.34 Å². The van der Waals surface area contributed by atoms with Crippen LogP contribution in [-0.2, 0) is 19.6 Å². The minimum Gasteiger partial charge on any atom is -0.359 e. The first-order valence-corrected chi connectivity index (χ1v) is 9.40. The second-order valence-electron chi connectivity index (χ2n) is 5.11. The van der Waals surface area contributed by atoms with Gasteiger partial charge in [0.05, 0.1) is 16.8 Å². The Morgan fingerprint density at radius 1 is 1.35 bits per heavy atom. The molecule has 0 saturated heterocycles. The fraction of sp³-hybridized carbons (Fsp3) is 0.538. The smallest absolute Gasteiger partial charge is 0.252 e. The third kappa shape index (κ3) is 5.17. The molecule has 1 rings (SSSR count). The van der Waals surface area contributed by atoms with Crippen molar-refractivity contribution in [1.82, 2.24) is 14.5 Å². The lowest BCUT2D eigenvalue weighted by Gasteiger charge is -2.23. The highest BCUT2D eigenvalue weighted by Gasteiger charge is 2.26. The molecule has 7 nitrogen and oxygen atoms in total. The van der Waals surface area contributed by atoms with E-state index in [4.69, 9.17) is 11.6 Å². The summed E-state index contributed by atoms with van der Waals surface area (Å²) < 4.78 is 26.1. The maximum absolute atomic E-state index is 12.3. The quantitative estimate of drug-likeness (QED) is 0.759. The predicted molar refractivity (Wildman–Crippen MR) is 90.0 cm³/mol. The van der Waals surface area contributed by atoms with Gasteiger partial charge in [-0.3, -0.25) is 9.59 Å². The largest absolute Gasteiger partial charge is 0.359 e. The summed E-state index contributed by atoms with van der Waals surface area (Å²) in [4.78, 5) is 25.0. The van der Waals surface area contributed by atoms with Crippen molar-refractivity contribution in [2.75, 3.05) is 34.2 Å². The topological polar surface area (TPSA) is 86.8 Å². The average molecular weight is 382 g/mol. The molecule has 1 atom stereocenters. The molecule has 1 heterocycles. The Balaban J connectivity index is 2.71. The maximum Gasteiger partial charge on any atom is 0.252 e. The molecule has 2 amide bonds. The summed E-state index contributed by atoms with van der Waals surface area (Å²) in [6.07, 6.45) is 0.